The van der Waals surface area contributed by atoms with E-state index in [-0.39, 0.29) is 0 Å². The maximum Gasteiger partial charge on any atom is 0.161 e. The van der Waals surface area contributed by atoms with Gasteiger partial charge in [-0.05, 0) is 60.1 Å². The van der Waals surface area contributed by atoms with Gasteiger partial charge < -0.3 is 5.73 Å². The highest BCUT2D eigenvalue weighted by Crippen LogP contribution is 2.24. The number of aromatic nitrogens is 2. The Hall–Kier alpha value is -1.17. The summed E-state index contributed by atoms with van der Waals surface area (Å²) in [5.41, 5.74) is 10.6. The van der Waals surface area contributed by atoms with Crippen molar-refractivity contribution in [2.75, 3.05) is 5.73 Å². The Morgan fingerprint density at radius 3 is 2.53 bits per heavy atom. The zero-order chi connectivity index (χ0) is 14.0. The number of benzene rings is 1. The summed E-state index contributed by atoms with van der Waals surface area (Å²) < 4.78 is 0.979. The second-order valence-electron chi connectivity index (χ2n) is 4.74. The van der Waals surface area contributed by atoms with Crippen molar-refractivity contribution in [3.8, 4) is 11.4 Å². The molecule has 19 heavy (non-hydrogen) atoms. The third kappa shape index (κ3) is 3.05. The van der Waals surface area contributed by atoms with E-state index in [1.165, 1.54) is 11.1 Å². The summed E-state index contributed by atoms with van der Waals surface area (Å²) in [5, 5.41) is 0. The van der Waals surface area contributed by atoms with Gasteiger partial charge in [0.05, 0.1) is 9.26 Å². The molecule has 0 spiro atoms. The van der Waals surface area contributed by atoms with Crippen molar-refractivity contribution in [3.05, 3.63) is 38.6 Å². The van der Waals surface area contributed by atoms with E-state index in [2.05, 4.69) is 71.5 Å². The van der Waals surface area contributed by atoms with Gasteiger partial charge in [-0.25, -0.2) is 9.97 Å². The molecular formula is C15H18IN3. The summed E-state index contributed by atoms with van der Waals surface area (Å²) >= 11 is 2.23. The van der Waals surface area contributed by atoms with Gasteiger partial charge in [-0.2, -0.15) is 0 Å². The summed E-state index contributed by atoms with van der Waals surface area (Å²) in [4.78, 5) is 9.08. The van der Waals surface area contributed by atoms with Gasteiger partial charge in [0.25, 0.3) is 0 Å². The van der Waals surface area contributed by atoms with Crippen LogP contribution in [0.4, 0.5) is 5.82 Å². The number of nitrogen functional groups attached to an aromatic ring is 1. The van der Waals surface area contributed by atoms with Crippen LogP contribution in [0.2, 0.25) is 0 Å². The molecule has 0 aliphatic rings. The second kappa shape index (κ2) is 5.86. The van der Waals surface area contributed by atoms with E-state index in [0.717, 1.165) is 33.5 Å². The van der Waals surface area contributed by atoms with Crippen LogP contribution in [-0.4, -0.2) is 9.97 Å². The molecule has 0 radical (unpaired) electrons. The zero-order valence-electron chi connectivity index (χ0n) is 11.5. The average molecular weight is 367 g/mol. The Bertz CT molecular complexity index is 609. The van der Waals surface area contributed by atoms with Gasteiger partial charge in [0, 0.05) is 5.56 Å². The maximum atomic E-state index is 6.00. The van der Waals surface area contributed by atoms with Crippen LogP contribution in [0.15, 0.2) is 18.2 Å². The molecule has 0 unspecified atom stereocenters. The number of hydrogen-bond acceptors (Lipinski definition) is 3. The van der Waals surface area contributed by atoms with Crippen LogP contribution in [0.1, 0.15) is 30.2 Å². The lowest BCUT2D eigenvalue weighted by Crippen LogP contribution is -2.05. The molecule has 0 bridgehead atoms. The van der Waals surface area contributed by atoms with E-state index in [9.17, 15) is 0 Å². The fraction of sp³-hybridized carbons (Fsp3) is 0.333. The van der Waals surface area contributed by atoms with E-state index >= 15 is 0 Å². The van der Waals surface area contributed by atoms with Crippen LogP contribution in [0.5, 0.6) is 0 Å². The summed E-state index contributed by atoms with van der Waals surface area (Å²) in [5.74, 6) is 1.30. The predicted octanol–water partition coefficient (Wildman–Crippen LogP) is 3.90. The van der Waals surface area contributed by atoms with Crippen LogP contribution >= 0.6 is 22.6 Å². The topological polar surface area (TPSA) is 51.8 Å². The SMILES string of the molecule is CCCc1nc(-c2ccc(C)c(C)c2)nc(N)c1I. The molecule has 0 saturated carbocycles. The molecule has 0 fully saturated rings. The minimum atomic E-state index is 0.576. The summed E-state index contributed by atoms with van der Waals surface area (Å²) in [7, 11) is 0. The monoisotopic (exact) mass is 367 g/mol. The van der Waals surface area contributed by atoms with Gasteiger partial charge in [0.15, 0.2) is 5.82 Å². The third-order valence-electron chi connectivity index (χ3n) is 3.20. The van der Waals surface area contributed by atoms with Crippen LogP contribution in [-0.2, 0) is 6.42 Å². The molecule has 2 rings (SSSR count). The predicted molar refractivity (Wildman–Crippen MR) is 88.1 cm³/mol. The molecule has 0 aliphatic heterocycles. The van der Waals surface area contributed by atoms with Crippen LogP contribution in [0.25, 0.3) is 11.4 Å². The summed E-state index contributed by atoms with van der Waals surface area (Å²) in [6.07, 6.45) is 1.99. The largest absolute Gasteiger partial charge is 0.383 e. The third-order valence-corrected chi connectivity index (χ3v) is 4.37. The van der Waals surface area contributed by atoms with Gasteiger partial charge in [-0.15, -0.1) is 0 Å². The average Bonchev–Trinajstić information content (AvgIpc) is 2.38. The van der Waals surface area contributed by atoms with Crippen LogP contribution < -0.4 is 5.73 Å². The molecule has 1 aromatic heterocycles. The number of rotatable bonds is 3. The van der Waals surface area contributed by atoms with Crippen molar-refractivity contribution in [1.29, 1.82) is 0 Å². The van der Waals surface area contributed by atoms with Gasteiger partial charge >= 0.3 is 0 Å². The maximum absolute atomic E-state index is 6.00. The summed E-state index contributed by atoms with van der Waals surface area (Å²) in [6, 6.07) is 6.27. The minimum Gasteiger partial charge on any atom is -0.383 e. The normalized spacial score (nSPS) is 10.7. The highest BCUT2D eigenvalue weighted by Gasteiger charge is 2.11. The molecule has 0 atom stereocenters. The molecule has 0 saturated heterocycles. The zero-order valence-corrected chi connectivity index (χ0v) is 13.7. The first kappa shape index (κ1) is 14.2. The first-order valence-electron chi connectivity index (χ1n) is 6.42. The molecule has 1 heterocycles. The second-order valence-corrected chi connectivity index (χ2v) is 5.82. The molecule has 2 aromatic rings. The number of anilines is 1. The molecule has 0 aliphatic carbocycles. The lowest BCUT2D eigenvalue weighted by Gasteiger charge is -2.09. The molecule has 4 heteroatoms. The van der Waals surface area contributed by atoms with E-state index in [1.807, 2.05) is 0 Å². The van der Waals surface area contributed by atoms with Gasteiger partial charge in [0.1, 0.15) is 5.82 Å². The Balaban J connectivity index is 2.52. The Morgan fingerprint density at radius 1 is 1.16 bits per heavy atom. The summed E-state index contributed by atoms with van der Waals surface area (Å²) in [6.45, 7) is 6.34. The lowest BCUT2D eigenvalue weighted by molar-refractivity contribution is 0.869. The van der Waals surface area contributed by atoms with Crippen molar-refractivity contribution in [2.45, 2.75) is 33.6 Å². The van der Waals surface area contributed by atoms with Crippen molar-refractivity contribution in [2.24, 2.45) is 0 Å². The van der Waals surface area contributed by atoms with Crippen molar-refractivity contribution >= 4 is 28.4 Å². The lowest BCUT2D eigenvalue weighted by atomic mass is 10.1. The van der Waals surface area contributed by atoms with E-state index in [4.69, 9.17) is 5.73 Å². The van der Waals surface area contributed by atoms with Crippen molar-refractivity contribution in [1.82, 2.24) is 9.97 Å². The van der Waals surface area contributed by atoms with Crippen LogP contribution in [0.3, 0.4) is 0 Å². The number of aryl methyl sites for hydroxylation is 3. The number of halogens is 1. The first-order chi connectivity index (χ1) is 9.02. The smallest absolute Gasteiger partial charge is 0.161 e. The molecule has 0 amide bonds. The highest BCUT2D eigenvalue weighted by atomic mass is 127. The van der Waals surface area contributed by atoms with E-state index in [0.29, 0.717) is 5.82 Å². The van der Waals surface area contributed by atoms with E-state index in [1.54, 1.807) is 0 Å². The molecule has 1 aromatic carbocycles. The Labute approximate surface area is 127 Å². The van der Waals surface area contributed by atoms with Crippen molar-refractivity contribution in [3.63, 3.8) is 0 Å². The Morgan fingerprint density at radius 2 is 1.89 bits per heavy atom. The molecule has 100 valence electrons. The highest BCUT2D eigenvalue weighted by molar-refractivity contribution is 14.1. The fourth-order valence-electron chi connectivity index (χ4n) is 1.92. The Kier molecular flexibility index (Phi) is 4.39. The standard InChI is InChI=1S/C15H18IN3/c1-4-5-12-13(16)14(17)19-15(18-12)11-7-6-9(2)10(3)8-11/h6-8H,4-5H2,1-3H3,(H2,17,18,19). The molecule has 3 nitrogen and oxygen atoms in total. The van der Waals surface area contributed by atoms with E-state index < -0.39 is 0 Å². The van der Waals surface area contributed by atoms with Crippen LogP contribution in [0, 0.1) is 17.4 Å². The van der Waals surface area contributed by atoms with Crippen molar-refractivity contribution < 1.29 is 0 Å². The number of nitrogens with two attached hydrogens (primary N) is 1. The fourth-order valence-corrected chi connectivity index (χ4v) is 2.44. The molecule has 2 N–H and O–H groups in total. The molecular weight excluding hydrogens is 349 g/mol. The van der Waals surface area contributed by atoms with Gasteiger partial charge in [-0.3, -0.25) is 0 Å². The van der Waals surface area contributed by atoms with Gasteiger partial charge in [-0.1, -0.05) is 25.5 Å². The number of nitrogens with zero attached hydrogens (tertiary/aromatic N) is 2. The van der Waals surface area contributed by atoms with Gasteiger partial charge in [0.2, 0.25) is 0 Å². The first-order valence-corrected chi connectivity index (χ1v) is 7.50. The quantitative estimate of drug-likeness (QED) is 0.838. The number of hydrogen-bond donors (Lipinski definition) is 1. The minimum absolute atomic E-state index is 0.576.